The van der Waals surface area contributed by atoms with E-state index in [1.54, 1.807) is 12.1 Å². The zero-order chi connectivity index (χ0) is 8.97. The molecule has 2 heteroatoms. The maximum Gasteiger partial charge on any atom is 0.123 e. The molecule has 0 aliphatic heterocycles. The molecule has 0 bridgehead atoms. The van der Waals surface area contributed by atoms with Crippen LogP contribution in [0.1, 0.15) is 11.1 Å². The predicted molar refractivity (Wildman–Crippen MR) is 49.2 cm³/mol. The predicted octanol–water partition coefficient (Wildman–Crippen LogP) is 1.97. The number of rotatable bonds is 3. The van der Waals surface area contributed by atoms with Crippen molar-refractivity contribution >= 4 is 6.08 Å². The van der Waals surface area contributed by atoms with Crippen molar-refractivity contribution < 1.29 is 4.39 Å². The second kappa shape index (κ2) is 4.02. The third-order valence-electron chi connectivity index (χ3n) is 1.74. The van der Waals surface area contributed by atoms with Crippen LogP contribution in [0.15, 0.2) is 24.8 Å². The average Bonchev–Trinajstić information content (AvgIpc) is 2.08. The van der Waals surface area contributed by atoms with Crippen molar-refractivity contribution in [2.24, 2.45) is 5.73 Å². The van der Waals surface area contributed by atoms with Gasteiger partial charge in [0.05, 0.1) is 0 Å². The molecule has 0 heterocycles. The van der Waals surface area contributed by atoms with Gasteiger partial charge in [-0.05, 0) is 36.2 Å². The zero-order valence-corrected chi connectivity index (χ0v) is 6.89. The summed E-state index contributed by atoms with van der Waals surface area (Å²) in [5, 5.41) is 0. The van der Waals surface area contributed by atoms with Gasteiger partial charge < -0.3 is 5.73 Å². The molecule has 1 aromatic carbocycles. The summed E-state index contributed by atoms with van der Waals surface area (Å²) >= 11 is 0. The molecule has 64 valence electrons. The van der Waals surface area contributed by atoms with Crippen LogP contribution < -0.4 is 5.73 Å². The lowest BCUT2D eigenvalue weighted by Crippen LogP contribution is -2.04. The molecule has 1 aromatic rings. The minimum absolute atomic E-state index is 0.231. The topological polar surface area (TPSA) is 26.0 Å². The lowest BCUT2D eigenvalue weighted by atomic mass is 10.0. The van der Waals surface area contributed by atoms with Gasteiger partial charge in [0.1, 0.15) is 5.82 Å². The number of hydrogen-bond donors (Lipinski definition) is 1. The van der Waals surface area contributed by atoms with Gasteiger partial charge in [-0.3, -0.25) is 0 Å². The Kier molecular flexibility index (Phi) is 3.00. The lowest BCUT2D eigenvalue weighted by molar-refractivity contribution is 0.626. The Labute approximate surface area is 71.7 Å². The van der Waals surface area contributed by atoms with Crippen LogP contribution in [0, 0.1) is 5.82 Å². The Morgan fingerprint density at radius 3 is 2.83 bits per heavy atom. The van der Waals surface area contributed by atoms with Gasteiger partial charge in [0, 0.05) is 0 Å². The third kappa shape index (κ3) is 1.92. The third-order valence-corrected chi connectivity index (χ3v) is 1.74. The SMILES string of the molecule is C=Cc1cc(F)ccc1CCN. The van der Waals surface area contributed by atoms with E-state index in [0.29, 0.717) is 6.54 Å². The highest BCUT2D eigenvalue weighted by atomic mass is 19.1. The largest absolute Gasteiger partial charge is 0.330 e. The maximum atomic E-state index is 12.7. The number of benzene rings is 1. The molecule has 12 heavy (non-hydrogen) atoms. The van der Waals surface area contributed by atoms with Crippen LogP contribution in [0.25, 0.3) is 6.08 Å². The highest BCUT2D eigenvalue weighted by Gasteiger charge is 1.99. The van der Waals surface area contributed by atoms with Crippen molar-refractivity contribution in [1.82, 2.24) is 0 Å². The highest BCUT2D eigenvalue weighted by molar-refractivity contribution is 5.52. The summed E-state index contributed by atoms with van der Waals surface area (Å²) in [6.07, 6.45) is 2.41. The Hall–Kier alpha value is -1.15. The first-order chi connectivity index (χ1) is 5.77. The van der Waals surface area contributed by atoms with Crippen molar-refractivity contribution in [2.75, 3.05) is 6.54 Å². The van der Waals surface area contributed by atoms with Gasteiger partial charge in [0.25, 0.3) is 0 Å². The molecule has 0 saturated carbocycles. The molecule has 1 nitrogen and oxygen atoms in total. The summed E-state index contributed by atoms with van der Waals surface area (Å²) in [5.41, 5.74) is 7.28. The van der Waals surface area contributed by atoms with Crippen LogP contribution in [-0.4, -0.2) is 6.54 Å². The monoisotopic (exact) mass is 165 g/mol. The summed E-state index contributed by atoms with van der Waals surface area (Å²) in [7, 11) is 0. The van der Waals surface area contributed by atoms with Crippen LogP contribution in [0.4, 0.5) is 4.39 Å². The van der Waals surface area contributed by atoms with Gasteiger partial charge in [-0.2, -0.15) is 0 Å². The second-order valence-corrected chi connectivity index (χ2v) is 2.59. The Morgan fingerprint density at radius 2 is 2.25 bits per heavy atom. The Balaban J connectivity index is 3.02. The minimum atomic E-state index is -0.231. The van der Waals surface area contributed by atoms with E-state index in [-0.39, 0.29) is 5.82 Å². The van der Waals surface area contributed by atoms with Gasteiger partial charge in [-0.15, -0.1) is 0 Å². The van der Waals surface area contributed by atoms with Crippen molar-refractivity contribution in [3.63, 3.8) is 0 Å². The minimum Gasteiger partial charge on any atom is -0.330 e. The van der Waals surface area contributed by atoms with E-state index < -0.39 is 0 Å². The van der Waals surface area contributed by atoms with Crippen LogP contribution in [0.2, 0.25) is 0 Å². The number of hydrogen-bond acceptors (Lipinski definition) is 1. The molecule has 0 aliphatic rings. The van der Waals surface area contributed by atoms with E-state index in [2.05, 4.69) is 6.58 Å². The normalized spacial score (nSPS) is 9.83. The zero-order valence-electron chi connectivity index (χ0n) is 6.89. The molecule has 0 aromatic heterocycles. The number of halogens is 1. The van der Waals surface area contributed by atoms with E-state index >= 15 is 0 Å². The summed E-state index contributed by atoms with van der Waals surface area (Å²) in [4.78, 5) is 0. The fraction of sp³-hybridized carbons (Fsp3) is 0.200. The van der Waals surface area contributed by atoms with Gasteiger partial charge >= 0.3 is 0 Å². The van der Waals surface area contributed by atoms with Crippen molar-refractivity contribution in [1.29, 1.82) is 0 Å². The smallest absolute Gasteiger partial charge is 0.123 e. The van der Waals surface area contributed by atoms with Gasteiger partial charge in [0.2, 0.25) is 0 Å². The first-order valence-corrected chi connectivity index (χ1v) is 3.89. The molecule has 0 saturated heterocycles. The number of nitrogens with two attached hydrogens (primary N) is 1. The van der Waals surface area contributed by atoms with Crippen LogP contribution in [0.3, 0.4) is 0 Å². The summed E-state index contributed by atoms with van der Waals surface area (Å²) in [5.74, 6) is -0.231. The van der Waals surface area contributed by atoms with Crippen molar-refractivity contribution in [3.05, 3.63) is 41.7 Å². The second-order valence-electron chi connectivity index (χ2n) is 2.59. The maximum absolute atomic E-state index is 12.7. The highest BCUT2D eigenvalue weighted by Crippen LogP contribution is 2.12. The quantitative estimate of drug-likeness (QED) is 0.728. The molecule has 0 atom stereocenters. The van der Waals surface area contributed by atoms with E-state index in [9.17, 15) is 4.39 Å². The molecule has 0 amide bonds. The summed E-state index contributed by atoms with van der Waals surface area (Å²) in [6, 6.07) is 4.66. The first-order valence-electron chi connectivity index (χ1n) is 3.89. The van der Waals surface area contributed by atoms with Crippen LogP contribution >= 0.6 is 0 Å². The molecule has 0 radical (unpaired) electrons. The van der Waals surface area contributed by atoms with E-state index in [1.165, 1.54) is 12.1 Å². The van der Waals surface area contributed by atoms with Gasteiger partial charge in [-0.1, -0.05) is 18.7 Å². The molecule has 1 rings (SSSR count). The Morgan fingerprint density at radius 1 is 1.50 bits per heavy atom. The van der Waals surface area contributed by atoms with E-state index in [1.807, 2.05) is 0 Å². The molecular weight excluding hydrogens is 153 g/mol. The molecule has 0 spiro atoms. The fourth-order valence-corrected chi connectivity index (χ4v) is 1.14. The molecule has 0 fully saturated rings. The lowest BCUT2D eigenvalue weighted by Gasteiger charge is -2.03. The summed E-state index contributed by atoms with van der Waals surface area (Å²) < 4.78 is 12.7. The van der Waals surface area contributed by atoms with Gasteiger partial charge in [0.15, 0.2) is 0 Å². The first kappa shape index (κ1) is 8.94. The van der Waals surface area contributed by atoms with E-state index in [0.717, 1.165) is 17.5 Å². The standard InChI is InChI=1S/C10H12FN/c1-2-8-7-10(11)4-3-9(8)5-6-12/h2-4,7H,1,5-6,12H2. The van der Waals surface area contributed by atoms with Crippen molar-refractivity contribution in [3.8, 4) is 0 Å². The average molecular weight is 165 g/mol. The molecule has 0 unspecified atom stereocenters. The molecule has 0 aliphatic carbocycles. The fourth-order valence-electron chi connectivity index (χ4n) is 1.14. The molecular formula is C10H12FN. The van der Waals surface area contributed by atoms with Crippen LogP contribution in [-0.2, 0) is 6.42 Å². The van der Waals surface area contributed by atoms with Crippen molar-refractivity contribution in [2.45, 2.75) is 6.42 Å². The molecule has 2 N–H and O–H groups in total. The van der Waals surface area contributed by atoms with E-state index in [4.69, 9.17) is 5.73 Å². The van der Waals surface area contributed by atoms with Gasteiger partial charge in [-0.25, -0.2) is 4.39 Å². The Bertz CT molecular complexity index is 281. The summed E-state index contributed by atoms with van der Waals surface area (Å²) in [6.45, 7) is 4.18. The van der Waals surface area contributed by atoms with Crippen LogP contribution in [0.5, 0.6) is 0 Å².